The van der Waals surface area contributed by atoms with Crippen molar-refractivity contribution in [1.82, 2.24) is 0 Å². The minimum atomic E-state index is -0.497. The number of carbonyl (C=O) groups excluding carboxylic acids is 2. The lowest BCUT2D eigenvalue weighted by atomic mass is 10.1. The highest BCUT2D eigenvalue weighted by Gasteiger charge is 2.05. The number of aryl methyl sites for hydroxylation is 1. The van der Waals surface area contributed by atoms with Gasteiger partial charge in [-0.1, -0.05) is 36.4 Å². The molecule has 0 aliphatic heterocycles. The van der Waals surface area contributed by atoms with Gasteiger partial charge in [0.2, 0.25) is 0 Å². The fourth-order valence-corrected chi connectivity index (χ4v) is 1.38. The Bertz CT molecular complexity index is 393. The Balaban J connectivity index is 2.26. The Labute approximate surface area is 101 Å². The van der Waals surface area contributed by atoms with Crippen LogP contribution in [0, 0.1) is 0 Å². The quantitative estimate of drug-likeness (QED) is 0.429. The van der Waals surface area contributed by atoms with Crippen molar-refractivity contribution < 1.29 is 14.3 Å². The van der Waals surface area contributed by atoms with Gasteiger partial charge in [0.25, 0.3) is 0 Å². The lowest BCUT2D eigenvalue weighted by Crippen LogP contribution is -2.06. The highest BCUT2D eigenvalue weighted by molar-refractivity contribution is 6.01. The fourth-order valence-electron chi connectivity index (χ4n) is 1.38. The van der Waals surface area contributed by atoms with Crippen LogP contribution in [0.15, 0.2) is 42.5 Å². The van der Waals surface area contributed by atoms with Gasteiger partial charge >= 0.3 is 5.97 Å². The number of rotatable bonds is 6. The Hall–Kier alpha value is -1.90. The molecule has 3 nitrogen and oxygen atoms in total. The minimum Gasteiger partial charge on any atom is -0.469 e. The normalized spacial score (nSPS) is 10.4. The third-order valence-corrected chi connectivity index (χ3v) is 2.29. The molecule has 0 bridgehead atoms. The fraction of sp³-hybridized carbons (Fsp3) is 0.286. The number of esters is 1. The van der Waals surface area contributed by atoms with E-state index in [0.29, 0.717) is 0 Å². The standard InChI is InChI=1S/C14H16O3/c1-17-14(16)11-13(15)10-6-5-9-12-7-3-2-4-8-12/h2-4,6-8,10H,5,9,11H2,1H3. The number of hydrogen-bond donors (Lipinski definition) is 0. The lowest BCUT2D eigenvalue weighted by Gasteiger charge is -1.96. The zero-order valence-corrected chi connectivity index (χ0v) is 9.89. The van der Waals surface area contributed by atoms with Gasteiger partial charge in [0.05, 0.1) is 7.11 Å². The first kappa shape index (κ1) is 13.2. The molecular weight excluding hydrogens is 216 g/mol. The number of ether oxygens (including phenoxy) is 1. The van der Waals surface area contributed by atoms with Crippen molar-refractivity contribution in [1.29, 1.82) is 0 Å². The van der Waals surface area contributed by atoms with Crippen LogP contribution in [0.4, 0.5) is 0 Å². The Morgan fingerprint density at radius 1 is 1.24 bits per heavy atom. The van der Waals surface area contributed by atoms with E-state index in [1.54, 1.807) is 6.08 Å². The van der Waals surface area contributed by atoms with Crippen molar-refractivity contribution in [3.05, 3.63) is 48.0 Å². The van der Waals surface area contributed by atoms with Gasteiger partial charge < -0.3 is 4.74 Å². The van der Waals surface area contributed by atoms with Crippen molar-refractivity contribution in [2.45, 2.75) is 19.3 Å². The largest absolute Gasteiger partial charge is 0.469 e. The first-order chi connectivity index (χ1) is 8.22. The summed E-state index contributed by atoms with van der Waals surface area (Å²) in [6, 6.07) is 10.0. The molecular formula is C14H16O3. The Morgan fingerprint density at radius 2 is 1.94 bits per heavy atom. The van der Waals surface area contributed by atoms with E-state index in [1.165, 1.54) is 18.7 Å². The molecule has 0 amide bonds. The summed E-state index contributed by atoms with van der Waals surface area (Å²) >= 11 is 0. The Kier molecular flexibility index (Phi) is 5.72. The van der Waals surface area contributed by atoms with Gasteiger partial charge in [-0.05, 0) is 24.5 Å². The molecule has 0 spiro atoms. The first-order valence-electron chi connectivity index (χ1n) is 5.52. The van der Waals surface area contributed by atoms with Crippen molar-refractivity contribution in [3.63, 3.8) is 0 Å². The summed E-state index contributed by atoms with van der Waals surface area (Å²) < 4.78 is 4.40. The molecule has 0 aromatic heterocycles. The molecule has 0 saturated carbocycles. The maximum absolute atomic E-state index is 11.2. The van der Waals surface area contributed by atoms with Crippen molar-refractivity contribution in [2.24, 2.45) is 0 Å². The van der Waals surface area contributed by atoms with E-state index in [4.69, 9.17) is 0 Å². The van der Waals surface area contributed by atoms with Crippen LogP contribution in [0.2, 0.25) is 0 Å². The molecule has 1 aromatic carbocycles. The van der Waals surface area contributed by atoms with Gasteiger partial charge in [0, 0.05) is 0 Å². The summed E-state index contributed by atoms with van der Waals surface area (Å²) in [5.74, 6) is -0.715. The van der Waals surface area contributed by atoms with Crippen LogP contribution in [-0.2, 0) is 20.7 Å². The van der Waals surface area contributed by atoms with Crippen LogP contribution in [-0.4, -0.2) is 18.9 Å². The zero-order valence-electron chi connectivity index (χ0n) is 9.89. The maximum Gasteiger partial charge on any atom is 0.313 e. The number of ketones is 1. The van der Waals surface area contributed by atoms with E-state index in [0.717, 1.165) is 12.8 Å². The highest BCUT2D eigenvalue weighted by atomic mass is 16.5. The minimum absolute atomic E-state index is 0.182. The van der Waals surface area contributed by atoms with E-state index in [2.05, 4.69) is 4.74 Å². The summed E-state index contributed by atoms with van der Waals surface area (Å²) in [4.78, 5) is 22.0. The van der Waals surface area contributed by atoms with Gasteiger partial charge in [-0.25, -0.2) is 0 Å². The van der Waals surface area contributed by atoms with E-state index in [9.17, 15) is 9.59 Å². The number of methoxy groups -OCH3 is 1. The van der Waals surface area contributed by atoms with Gasteiger partial charge in [-0.3, -0.25) is 9.59 Å². The molecule has 0 atom stereocenters. The summed E-state index contributed by atoms with van der Waals surface area (Å²) in [5.41, 5.74) is 1.23. The van der Waals surface area contributed by atoms with E-state index in [-0.39, 0.29) is 12.2 Å². The van der Waals surface area contributed by atoms with Crippen molar-refractivity contribution in [3.8, 4) is 0 Å². The molecule has 0 aliphatic rings. The summed E-state index contributed by atoms with van der Waals surface area (Å²) in [5, 5.41) is 0. The molecule has 17 heavy (non-hydrogen) atoms. The van der Waals surface area contributed by atoms with Crippen LogP contribution >= 0.6 is 0 Å². The molecule has 1 aromatic rings. The molecule has 0 saturated heterocycles. The lowest BCUT2D eigenvalue weighted by molar-refractivity contribution is -0.142. The van der Waals surface area contributed by atoms with Crippen LogP contribution in [0.1, 0.15) is 18.4 Å². The smallest absolute Gasteiger partial charge is 0.313 e. The number of carbonyl (C=O) groups is 2. The van der Waals surface area contributed by atoms with E-state index in [1.807, 2.05) is 30.3 Å². The molecule has 0 heterocycles. The zero-order chi connectivity index (χ0) is 12.5. The van der Waals surface area contributed by atoms with Crippen molar-refractivity contribution >= 4 is 11.8 Å². The monoisotopic (exact) mass is 232 g/mol. The van der Waals surface area contributed by atoms with Gasteiger partial charge in [0.1, 0.15) is 6.42 Å². The second-order valence-corrected chi connectivity index (χ2v) is 3.65. The van der Waals surface area contributed by atoms with Gasteiger partial charge in [0.15, 0.2) is 5.78 Å². The van der Waals surface area contributed by atoms with Gasteiger partial charge in [-0.15, -0.1) is 0 Å². The third-order valence-electron chi connectivity index (χ3n) is 2.29. The molecule has 0 aliphatic carbocycles. The second kappa shape index (κ2) is 7.39. The molecule has 0 N–H and O–H groups in total. The Morgan fingerprint density at radius 3 is 2.59 bits per heavy atom. The van der Waals surface area contributed by atoms with Crippen LogP contribution < -0.4 is 0 Å². The second-order valence-electron chi connectivity index (χ2n) is 3.65. The number of benzene rings is 1. The molecule has 90 valence electrons. The first-order valence-corrected chi connectivity index (χ1v) is 5.52. The summed E-state index contributed by atoms with van der Waals surface area (Å²) in [7, 11) is 1.27. The molecule has 0 radical (unpaired) electrons. The van der Waals surface area contributed by atoms with Gasteiger partial charge in [-0.2, -0.15) is 0 Å². The highest BCUT2D eigenvalue weighted by Crippen LogP contribution is 2.03. The van der Waals surface area contributed by atoms with E-state index < -0.39 is 5.97 Å². The number of allylic oxidation sites excluding steroid dienone is 2. The average molecular weight is 232 g/mol. The predicted molar refractivity (Wildman–Crippen MR) is 65.5 cm³/mol. The van der Waals surface area contributed by atoms with Crippen molar-refractivity contribution in [2.75, 3.05) is 7.11 Å². The maximum atomic E-state index is 11.2. The molecule has 0 unspecified atom stereocenters. The average Bonchev–Trinajstić information content (AvgIpc) is 2.36. The molecule has 3 heteroatoms. The predicted octanol–water partition coefficient (Wildman–Crippen LogP) is 2.31. The summed E-state index contributed by atoms with van der Waals surface area (Å²) in [6.45, 7) is 0. The van der Waals surface area contributed by atoms with Crippen LogP contribution in [0.3, 0.4) is 0 Å². The topological polar surface area (TPSA) is 43.4 Å². The SMILES string of the molecule is COC(=O)CC(=O)C=CCCc1ccccc1. The van der Waals surface area contributed by atoms with E-state index >= 15 is 0 Å². The summed E-state index contributed by atoms with van der Waals surface area (Å²) in [6.07, 6.45) is 4.73. The number of hydrogen-bond acceptors (Lipinski definition) is 3. The molecule has 0 fully saturated rings. The van der Waals surface area contributed by atoms with Crippen LogP contribution in [0.5, 0.6) is 0 Å². The third kappa shape index (κ3) is 5.66. The molecule has 1 rings (SSSR count). The van der Waals surface area contributed by atoms with Crippen LogP contribution in [0.25, 0.3) is 0 Å².